The van der Waals surface area contributed by atoms with E-state index in [1.54, 1.807) is 0 Å². The van der Waals surface area contributed by atoms with Crippen LogP contribution in [0.3, 0.4) is 0 Å². The molecule has 2 rings (SSSR count). The van der Waals surface area contributed by atoms with Crippen LogP contribution in [0.4, 0.5) is 0 Å². The van der Waals surface area contributed by atoms with Crippen molar-refractivity contribution in [3.63, 3.8) is 0 Å². The summed E-state index contributed by atoms with van der Waals surface area (Å²) in [6.45, 7) is 0.522. The summed E-state index contributed by atoms with van der Waals surface area (Å²) in [5.41, 5.74) is 1.05. The van der Waals surface area contributed by atoms with Crippen molar-refractivity contribution in [1.82, 2.24) is 4.57 Å². The van der Waals surface area contributed by atoms with Crippen LogP contribution in [-0.2, 0) is 31.0 Å². The summed E-state index contributed by atoms with van der Waals surface area (Å²) < 4.78 is 27.7. The minimum atomic E-state index is -3.76. The fourth-order valence-electron chi connectivity index (χ4n) is 1.57. The molecule has 0 saturated heterocycles. The van der Waals surface area contributed by atoms with E-state index in [1.807, 2.05) is 41.1 Å². The molecule has 0 aliphatic carbocycles. The van der Waals surface area contributed by atoms with Gasteiger partial charge in [0.2, 0.25) is 0 Å². The Bertz CT molecular complexity index is 594. The Balaban J connectivity index is 0.00000144. The van der Waals surface area contributed by atoms with E-state index in [1.165, 1.54) is 0 Å². The standard InChI is InChI=1S/C10H11NO3S2.K/c12-16(13,15)14-8-7-11-6-5-9-3-1-2-4-10(9)11;/h1-6H,7-8H2,(H,12,13,15);/q;+1/p-1. The van der Waals surface area contributed by atoms with Crippen molar-refractivity contribution in [3.05, 3.63) is 36.5 Å². The average Bonchev–Trinajstić information content (AvgIpc) is 2.60. The third kappa shape index (κ3) is 4.70. The summed E-state index contributed by atoms with van der Waals surface area (Å²) in [5.74, 6) is 0. The molecule has 0 fully saturated rings. The first kappa shape index (κ1) is 15.7. The Hall–Kier alpha value is 0.686. The van der Waals surface area contributed by atoms with Gasteiger partial charge in [-0.3, -0.25) is 4.18 Å². The Morgan fingerprint density at radius 2 is 2.06 bits per heavy atom. The molecule has 0 bridgehead atoms. The van der Waals surface area contributed by atoms with Crippen LogP contribution < -0.4 is 51.4 Å². The van der Waals surface area contributed by atoms with Crippen molar-refractivity contribution in [2.24, 2.45) is 0 Å². The fraction of sp³-hybridized carbons (Fsp3) is 0.200. The van der Waals surface area contributed by atoms with Gasteiger partial charge in [0.15, 0.2) is 0 Å². The van der Waals surface area contributed by atoms with E-state index >= 15 is 0 Å². The molecule has 0 N–H and O–H groups in total. The maximum atomic E-state index is 10.6. The van der Waals surface area contributed by atoms with Crippen LogP contribution >= 0.6 is 0 Å². The largest absolute Gasteiger partial charge is 1.00 e. The van der Waals surface area contributed by atoms with Gasteiger partial charge < -0.3 is 9.12 Å². The average molecular weight is 295 g/mol. The molecule has 4 nitrogen and oxygen atoms in total. The zero-order valence-electron chi connectivity index (χ0n) is 9.37. The first-order valence-corrected chi connectivity index (χ1v) is 7.04. The minimum absolute atomic E-state index is 0. The summed E-state index contributed by atoms with van der Waals surface area (Å²) in [5, 5.41) is 1.11. The molecule has 0 saturated carbocycles. The number of hydrogen-bond donors (Lipinski definition) is 0. The smallest absolute Gasteiger partial charge is 0.748 e. The fourth-order valence-corrected chi connectivity index (χ4v) is 2.06. The van der Waals surface area contributed by atoms with Crippen molar-refractivity contribution in [3.8, 4) is 0 Å². The van der Waals surface area contributed by atoms with Crippen LogP contribution in [0.15, 0.2) is 36.5 Å². The topological polar surface area (TPSA) is 54.3 Å². The number of hydrogen-bond acceptors (Lipinski definition) is 4. The van der Waals surface area contributed by atoms with Gasteiger partial charge in [-0.25, -0.2) is 4.21 Å². The number of para-hydroxylation sites is 1. The quantitative estimate of drug-likeness (QED) is 0.641. The normalized spacial score (nSPS) is 14.2. The third-order valence-corrected chi connectivity index (χ3v) is 2.98. The molecule has 17 heavy (non-hydrogen) atoms. The Morgan fingerprint density at radius 1 is 1.35 bits per heavy atom. The molecule has 0 radical (unpaired) electrons. The SMILES string of the molecule is O=S([O-])(=S)OCCn1ccc2ccccc21.[K+]. The van der Waals surface area contributed by atoms with Crippen LogP contribution in [0.1, 0.15) is 0 Å². The summed E-state index contributed by atoms with van der Waals surface area (Å²) in [6, 6.07) is 9.83. The van der Waals surface area contributed by atoms with E-state index in [4.69, 9.17) is 0 Å². The predicted molar refractivity (Wildman–Crippen MR) is 64.2 cm³/mol. The molecule has 0 aliphatic heterocycles. The van der Waals surface area contributed by atoms with Crippen molar-refractivity contribution in [1.29, 1.82) is 0 Å². The van der Waals surface area contributed by atoms with Crippen molar-refractivity contribution in [2.75, 3.05) is 6.61 Å². The molecule has 0 aliphatic rings. The summed E-state index contributed by atoms with van der Waals surface area (Å²) >= 11 is 4.12. The van der Waals surface area contributed by atoms with E-state index in [0.29, 0.717) is 6.54 Å². The van der Waals surface area contributed by atoms with Crippen LogP contribution in [-0.4, -0.2) is 19.9 Å². The molecule has 1 aromatic carbocycles. The van der Waals surface area contributed by atoms with Gasteiger partial charge in [-0.1, -0.05) is 18.2 Å². The van der Waals surface area contributed by atoms with Gasteiger partial charge in [0.1, 0.15) is 0 Å². The summed E-state index contributed by atoms with van der Waals surface area (Å²) in [4.78, 5) is 0. The van der Waals surface area contributed by atoms with E-state index < -0.39 is 9.05 Å². The second-order valence-corrected chi connectivity index (χ2v) is 5.58. The van der Waals surface area contributed by atoms with E-state index in [2.05, 4.69) is 15.4 Å². The Morgan fingerprint density at radius 3 is 2.76 bits per heavy atom. The number of aromatic nitrogens is 1. The van der Waals surface area contributed by atoms with E-state index in [9.17, 15) is 8.76 Å². The second kappa shape index (κ2) is 6.74. The predicted octanol–water partition coefficient (Wildman–Crippen LogP) is -1.55. The van der Waals surface area contributed by atoms with Gasteiger partial charge in [0.25, 0.3) is 0 Å². The van der Waals surface area contributed by atoms with Crippen LogP contribution in [0.5, 0.6) is 0 Å². The molecular weight excluding hydrogens is 285 g/mol. The van der Waals surface area contributed by atoms with Gasteiger partial charge in [-0.2, -0.15) is 0 Å². The molecular formula is C10H10KNO3S2. The van der Waals surface area contributed by atoms with Crippen LogP contribution in [0.2, 0.25) is 0 Å². The molecule has 1 atom stereocenters. The molecule has 2 aromatic rings. The van der Waals surface area contributed by atoms with Gasteiger partial charge in [0.05, 0.1) is 15.7 Å². The number of fused-ring (bicyclic) bond motifs is 1. The molecule has 7 heteroatoms. The second-order valence-electron chi connectivity index (χ2n) is 3.30. The number of rotatable bonds is 4. The van der Waals surface area contributed by atoms with Crippen LogP contribution in [0.25, 0.3) is 10.9 Å². The molecule has 0 amide bonds. The summed E-state index contributed by atoms with van der Waals surface area (Å²) in [7, 11) is -3.76. The first-order chi connectivity index (χ1) is 7.56. The third-order valence-electron chi connectivity index (χ3n) is 2.24. The monoisotopic (exact) mass is 295 g/mol. The minimum Gasteiger partial charge on any atom is -0.748 e. The van der Waals surface area contributed by atoms with E-state index in [-0.39, 0.29) is 58.0 Å². The summed E-state index contributed by atoms with van der Waals surface area (Å²) in [6.07, 6.45) is 1.89. The van der Waals surface area contributed by atoms with Gasteiger partial charge in [0, 0.05) is 18.3 Å². The molecule has 1 unspecified atom stereocenters. The molecule has 86 valence electrons. The number of benzene rings is 1. The first-order valence-electron chi connectivity index (χ1n) is 4.70. The molecule has 1 aromatic heterocycles. The Labute approximate surface area is 147 Å². The van der Waals surface area contributed by atoms with Gasteiger partial charge >= 0.3 is 51.4 Å². The molecule has 0 spiro atoms. The number of nitrogens with zero attached hydrogens (tertiary/aromatic N) is 1. The molecule has 1 heterocycles. The Kier molecular flexibility index (Phi) is 6.24. The zero-order valence-corrected chi connectivity index (χ0v) is 14.1. The maximum Gasteiger partial charge on any atom is 1.00 e. The van der Waals surface area contributed by atoms with Crippen molar-refractivity contribution >= 4 is 31.1 Å². The van der Waals surface area contributed by atoms with Crippen LogP contribution in [0, 0.1) is 0 Å². The van der Waals surface area contributed by atoms with Gasteiger partial charge in [-0.15, -0.1) is 0 Å². The maximum absolute atomic E-state index is 10.6. The van der Waals surface area contributed by atoms with Crippen molar-refractivity contribution in [2.45, 2.75) is 6.54 Å². The van der Waals surface area contributed by atoms with Crippen molar-refractivity contribution < 1.29 is 64.3 Å². The van der Waals surface area contributed by atoms with Gasteiger partial charge in [-0.05, 0) is 28.7 Å². The van der Waals surface area contributed by atoms with E-state index in [0.717, 1.165) is 10.9 Å². The zero-order chi connectivity index (χ0) is 11.6.